The molecule has 0 spiro atoms. The number of aromatic nitrogens is 4. The monoisotopic (exact) mass is 384 g/mol. The van der Waals surface area contributed by atoms with Gasteiger partial charge in [-0.1, -0.05) is 6.07 Å². The second kappa shape index (κ2) is 7.22. The number of amides is 1. The molecule has 0 bridgehead atoms. The van der Waals surface area contributed by atoms with E-state index in [4.69, 9.17) is 5.11 Å². The zero-order valence-corrected chi connectivity index (χ0v) is 14.8. The Morgan fingerprint density at radius 2 is 1.89 bits per heavy atom. The first-order valence-electron chi connectivity index (χ1n) is 8.73. The Hall–Kier alpha value is -3.56. The van der Waals surface area contributed by atoms with Crippen molar-refractivity contribution in [3.05, 3.63) is 53.6 Å². The van der Waals surface area contributed by atoms with Crippen molar-refractivity contribution in [2.75, 3.05) is 31.1 Å². The van der Waals surface area contributed by atoms with Crippen molar-refractivity contribution in [2.45, 2.75) is 6.42 Å². The average molecular weight is 384 g/mol. The lowest BCUT2D eigenvalue weighted by Crippen LogP contribution is -2.49. The van der Waals surface area contributed by atoms with E-state index in [0.717, 1.165) is 11.9 Å². The Kier molecular flexibility index (Phi) is 4.60. The SMILES string of the molecule is O=C(O)c1cc(CC(=O)N2CCN(c3ccc4nncn4n3)CC2)ccc1F. The van der Waals surface area contributed by atoms with Gasteiger partial charge >= 0.3 is 5.97 Å². The smallest absolute Gasteiger partial charge is 0.338 e. The summed E-state index contributed by atoms with van der Waals surface area (Å²) in [6.07, 6.45) is 1.57. The molecule has 1 saturated heterocycles. The zero-order valence-electron chi connectivity index (χ0n) is 14.8. The van der Waals surface area contributed by atoms with Crippen LogP contribution >= 0.6 is 0 Å². The van der Waals surface area contributed by atoms with Crippen LogP contribution in [-0.4, -0.2) is 67.9 Å². The Bertz CT molecular complexity index is 1040. The van der Waals surface area contributed by atoms with E-state index in [1.807, 2.05) is 12.1 Å². The summed E-state index contributed by atoms with van der Waals surface area (Å²) in [6.45, 7) is 2.29. The van der Waals surface area contributed by atoms with Gasteiger partial charge < -0.3 is 14.9 Å². The van der Waals surface area contributed by atoms with Crippen molar-refractivity contribution in [2.24, 2.45) is 0 Å². The minimum Gasteiger partial charge on any atom is -0.478 e. The summed E-state index contributed by atoms with van der Waals surface area (Å²) in [6, 6.07) is 7.43. The van der Waals surface area contributed by atoms with Crippen LogP contribution in [0.15, 0.2) is 36.7 Å². The van der Waals surface area contributed by atoms with Gasteiger partial charge in [0.25, 0.3) is 0 Å². The maximum atomic E-state index is 13.5. The maximum Gasteiger partial charge on any atom is 0.338 e. The van der Waals surface area contributed by atoms with Gasteiger partial charge in [0.05, 0.1) is 12.0 Å². The first-order valence-corrected chi connectivity index (χ1v) is 8.73. The fourth-order valence-corrected chi connectivity index (χ4v) is 3.20. The first-order chi connectivity index (χ1) is 13.5. The van der Waals surface area contributed by atoms with Crippen molar-refractivity contribution < 1.29 is 19.1 Å². The van der Waals surface area contributed by atoms with E-state index in [0.29, 0.717) is 37.4 Å². The highest BCUT2D eigenvalue weighted by Gasteiger charge is 2.23. The van der Waals surface area contributed by atoms with E-state index in [1.165, 1.54) is 18.5 Å². The number of nitrogens with zero attached hydrogens (tertiary/aromatic N) is 6. The van der Waals surface area contributed by atoms with Crippen molar-refractivity contribution in [3.8, 4) is 0 Å². The minimum absolute atomic E-state index is 0.0332. The number of hydrogen-bond donors (Lipinski definition) is 1. The third-order valence-electron chi connectivity index (χ3n) is 4.72. The molecule has 1 aliphatic rings. The molecule has 0 radical (unpaired) electrons. The van der Waals surface area contributed by atoms with Crippen molar-refractivity contribution in [1.82, 2.24) is 24.7 Å². The van der Waals surface area contributed by atoms with Gasteiger partial charge in [-0.3, -0.25) is 4.79 Å². The van der Waals surface area contributed by atoms with E-state index >= 15 is 0 Å². The van der Waals surface area contributed by atoms with Crippen LogP contribution in [0.1, 0.15) is 15.9 Å². The van der Waals surface area contributed by atoms with Crippen LogP contribution in [0.2, 0.25) is 0 Å². The Morgan fingerprint density at radius 1 is 1.11 bits per heavy atom. The fraction of sp³-hybridized carbons (Fsp3) is 0.278. The summed E-state index contributed by atoms with van der Waals surface area (Å²) < 4.78 is 15.1. The number of hydrogen-bond acceptors (Lipinski definition) is 6. The van der Waals surface area contributed by atoms with Crippen LogP contribution in [0.25, 0.3) is 5.65 Å². The molecule has 1 fully saturated rings. The Balaban J connectivity index is 1.38. The van der Waals surface area contributed by atoms with E-state index in [-0.39, 0.29) is 12.3 Å². The second-order valence-corrected chi connectivity index (χ2v) is 6.49. The van der Waals surface area contributed by atoms with E-state index in [1.54, 1.807) is 9.42 Å². The Labute approximate surface area is 159 Å². The van der Waals surface area contributed by atoms with Gasteiger partial charge in [0.2, 0.25) is 5.91 Å². The molecule has 1 aliphatic heterocycles. The van der Waals surface area contributed by atoms with Gasteiger partial charge in [-0.05, 0) is 29.8 Å². The molecule has 9 nitrogen and oxygen atoms in total. The normalized spacial score (nSPS) is 14.5. The van der Waals surface area contributed by atoms with Gasteiger partial charge in [0.1, 0.15) is 18.0 Å². The lowest BCUT2D eigenvalue weighted by molar-refractivity contribution is -0.130. The van der Waals surface area contributed by atoms with Gasteiger partial charge in [0, 0.05) is 26.2 Å². The van der Waals surface area contributed by atoms with E-state index in [2.05, 4.69) is 20.2 Å². The number of rotatable bonds is 4. The summed E-state index contributed by atoms with van der Waals surface area (Å²) in [5.74, 6) is -1.50. The summed E-state index contributed by atoms with van der Waals surface area (Å²) >= 11 is 0. The van der Waals surface area contributed by atoms with Crippen LogP contribution in [0.3, 0.4) is 0 Å². The molecule has 0 atom stereocenters. The van der Waals surface area contributed by atoms with Crippen LogP contribution in [-0.2, 0) is 11.2 Å². The number of carbonyl (C=O) groups is 2. The summed E-state index contributed by atoms with van der Waals surface area (Å²) in [7, 11) is 0. The topological polar surface area (TPSA) is 104 Å². The number of anilines is 1. The number of piperazine rings is 1. The zero-order chi connectivity index (χ0) is 19.7. The summed E-state index contributed by atoms with van der Waals surface area (Å²) in [5, 5.41) is 21.2. The van der Waals surface area contributed by atoms with Crippen LogP contribution < -0.4 is 4.90 Å². The molecular weight excluding hydrogens is 367 g/mol. The van der Waals surface area contributed by atoms with Gasteiger partial charge in [0.15, 0.2) is 5.65 Å². The molecule has 3 heterocycles. The van der Waals surface area contributed by atoms with Crippen LogP contribution in [0, 0.1) is 5.82 Å². The molecule has 0 saturated carbocycles. The third-order valence-corrected chi connectivity index (χ3v) is 4.72. The lowest BCUT2D eigenvalue weighted by atomic mass is 10.1. The quantitative estimate of drug-likeness (QED) is 0.711. The molecule has 0 unspecified atom stereocenters. The number of aromatic carboxylic acids is 1. The molecule has 1 N–H and O–H groups in total. The second-order valence-electron chi connectivity index (χ2n) is 6.49. The number of carboxylic acids is 1. The number of fused-ring (bicyclic) bond motifs is 1. The number of carboxylic acid groups (broad SMARTS) is 1. The van der Waals surface area contributed by atoms with Crippen molar-refractivity contribution >= 4 is 23.3 Å². The predicted molar refractivity (Wildman–Crippen MR) is 96.6 cm³/mol. The minimum atomic E-state index is -1.35. The standard InChI is InChI=1S/C18H17FN6O3/c19-14-2-1-12(9-13(14)18(27)28)10-17(26)24-7-5-23(6-8-24)16-4-3-15-21-20-11-25(15)22-16/h1-4,9,11H,5-8,10H2,(H,27,28). The summed E-state index contributed by atoms with van der Waals surface area (Å²) in [4.78, 5) is 27.4. The van der Waals surface area contributed by atoms with E-state index in [9.17, 15) is 14.0 Å². The van der Waals surface area contributed by atoms with Crippen LogP contribution in [0.4, 0.5) is 10.2 Å². The fourth-order valence-electron chi connectivity index (χ4n) is 3.20. The molecule has 2 aromatic heterocycles. The molecule has 28 heavy (non-hydrogen) atoms. The van der Waals surface area contributed by atoms with Crippen molar-refractivity contribution in [3.63, 3.8) is 0 Å². The molecule has 3 aromatic rings. The molecule has 144 valence electrons. The van der Waals surface area contributed by atoms with Crippen molar-refractivity contribution in [1.29, 1.82) is 0 Å². The molecular formula is C18H17FN6O3. The van der Waals surface area contributed by atoms with Gasteiger partial charge in [-0.15, -0.1) is 15.3 Å². The predicted octanol–water partition coefficient (Wildman–Crippen LogP) is 0.853. The Morgan fingerprint density at radius 3 is 2.64 bits per heavy atom. The number of carbonyl (C=O) groups excluding carboxylic acids is 1. The highest BCUT2D eigenvalue weighted by atomic mass is 19.1. The van der Waals surface area contributed by atoms with Gasteiger partial charge in [-0.25, -0.2) is 9.18 Å². The largest absolute Gasteiger partial charge is 0.478 e. The average Bonchev–Trinajstić information content (AvgIpc) is 3.17. The third kappa shape index (κ3) is 3.48. The highest BCUT2D eigenvalue weighted by molar-refractivity contribution is 5.88. The molecule has 1 amide bonds. The lowest BCUT2D eigenvalue weighted by Gasteiger charge is -2.35. The molecule has 10 heteroatoms. The number of benzene rings is 1. The van der Waals surface area contributed by atoms with E-state index < -0.39 is 17.3 Å². The molecule has 4 rings (SSSR count). The highest BCUT2D eigenvalue weighted by Crippen LogP contribution is 2.16. The summed E-state index contributed by atoms with van der Waals surface area (Å²) in [5.41, 5.74) is 0.717. The first kappa shape index (κ1) is 17.8. The maximum absolute atomic E-state index is 13.5. The molecule has 1 aromatic carbocycles. The number of halogens is 1. The molecule has 0 aliphatic carbocycles. The van der Waals surface area contributed by atoms with Crippen LogP contribution in [0.5, 0.6) is 0 Å². The van der Waals surface area contributed by atoms with Gasteiger partial charge in [-0.2, -0.15) is 4.52 Å².